The highest BCUT2D eigenvalue weighted by Gasteiger charge is 2.28. The maximum Gasteiger partial charge on any atom is 0.413 e. The molecule has 0 saturated carbocycles. The van der Waals surface area contributed by atoms with Crippen molar-refractivity contribution in [1.82, 2.24) is 0 Å². The van der Waals surface area contributed by atoms with Gasteiger partial charge in [-0.25, -0.2) is 0 Å². The van der Waals surface area contributed by atoms with Crippen molar-refractivity contribution < 1.29 is 17.6 Å². The first kappa shape index (κ1) is 15.2. The van der Waals surface area contributed by atoms with Gasteiger partial charge in [0, 0.05) is 4.90 Å². The Morgan fingerprint density at radius 3 is 2.17 bits per heavy atom. The molecule has 1 rings (SSSR count). The molecule has 1 nitrogen and oxygen atoms in total. The third-order valence-corrected chi connectivity index (χ3v) is 3.54. The molecular weight excluding hydrogens is 277 g/mol. The molecule has 0 aromatic heterocycles. The Hall–Kier alpha value is -0.883. The highest BCUT2D eigenvalue weighted by atomic mass is 32.2. The lowest BCUT2D eigenvalue weighted by Gasteiger charge is -2.21. The Kier molecular flexibility index (Phi) is 4.92. The van der Waals surface area contributed by atoms with Gasteiger partial charge in [0.1, 0.15) is 5.09 Å². The molecule has 0 unspecified atom stereocenters. The highest BCUT2D eigenvalue weighted by molar-refractivity contribution is 8.03. The van der Waals surface area contributed by atoms with Crippen molar-refractivity contribution in [3.8, 4) is 0 Å². The summed E-state index contributed by atoms with van der Waals surface area (Å²) < 4.78 is 42.7. The number of alkyl halides is 3. The monoisotopic (exact) mass is 292 g/mol. The predicted molar refractivity (Wildman–Crippen MR) is 70.9 cm³/mol. The smallest absolute Gasteiger partial charge is 0.413 e. The summed E-state index contributed by atoms with van der Waals surface area (Å²) in [6.07, 6.45) is -4.14. The SMILES string of the molecule is C[Si](C)(C)O/C(=C\C(F)(F)F)Sc1ccccc1. The van der Waals surface area contributed by atoms with Crippen LogP contribution in [0.5, 0.6) is 0 Å². The van der Waals surface area contributed by atoms with Crippen LogP contribution in [0.25, 0.3) is 0 Å². The van der Waals surface area contributed by atoms with Gasteiger partial charge in [-0.05, 0) is 31.8 Å². The number of rotatable bonds is 4. The fourth-order valence-electron chi connectivity index (χ4n) is 1.12. The van der Waals surface area contributed by atoms with Gasteiger partial charge < -0.3 is 4.43 Å². The third-order valence-electron chi connectivity index (χ3n) is 1.65. The van der Waals surface area contributed by atoms with E-state index in [0.29, 0.717) is 0 Å². The average molecular weight is 292 g/mol. The molecule has 0 fully saturated rings. The van der Waals surface area contributed by atoms with Gasteiger partial charge in [-0.1, -0.05) is 30.0 Å². The van der Waals surface area contributed by atoms with Crippen LogP contribution in [0.15, 0.2) is 46.4 Å². The highest BCUT2D eigenvalue weighted by Crippen LogP contribution is 2.33. The minimum Gasteiger partial charge on any atom is -0.540 e. The van der Waals surface area contributed by atoms with Crippen LogP contribution < -0.4 is 0 Å². The molecule has 0 heterocycles. The zero-order valence-electron chi connectivity index (χ0n) is 10.4. The molecular formula is C12H15F3OSSi. The first-order chi connectivity index (χ1) is 8.16. The van der Waals surface area contributed by atoms with Crippen LogP contribution in [0.4, 0.5) is 13.2 Å². The molecule has 0 bridgehead atoms. The summed E-state index contributed by atoms with van der Waals surface area (Å²) in [5.41, 5.74) is 0. The molecule has 6 heteroatoms. The molecule has 0 aliphatic rings. The molecule has 1 aromatic carbocycles. The molecule has 1 aromatic rings. The van der Waals surface area contributed by atoms with E-state index in [0.717, 1.165) is 16.7 Å². The van der Waals surface area contributed by atoms with Crippen molar-refractivity contribution in [3.05, 3.63) is 41.5 Å². The summed E-state index contributed by atoms with van der Waals surface area (Å²) in [5.74, 6) is 0. The molecule has 0 N–H and O–H groups in total. The van der Waals surface area contributed by atoms with Crippen LogP contribution in [-0.2, 0) is 4.43 Å². The van der Waals surface area contributed by atoms with Crippen molar-refractivity contribution in [2.45, 2.75) is 30.7 Å². The van der Waals surface area contributed by atoms with Gasteiger partial charge in [0.05, 0.1) is 6.08 Å². The first-order valence-electron chi connectivity index (χ1n) is 5.37. The summed E-state index contributed by atoms with van der Waals surface area (Å²) in [6.45, 7) is 5.55. The number of hydrogen-bond acceptors (Lipinski definition) is 2. The summed E-state index contributed by atoms with van der Waals surface area (Å²) in [5, 5.41) is -0.0899. The Balaban J connectivity index is 2.89. The van der Waals surface area contributed by atoms with Crippen molar-refractivity contribution >= 4 is 20.1 Å². The third kappa shape index (κ3) is 6.76. The van der Waals surface area contributed by atoms with Gasteiger partial charge in [0.15, 0.2) is 0 Å². The Labute approximate surface area is 110 Å². The molecule has 0 radical (unpaired) electrons. The number of allylic oxidation sites excluding steroid dienone is 1. The van der Waals surface area contributed by atoms with E-state index in [2.05, 4.69) is 0 Å². The topological polar surface area (TPSA) is 9.23 Å². The lowest BCUT2D eigenvalue weighted by atomic mass is 10.4. The second kappa shape index (κ2) is 5.84. The van der Waals surface area contributed by atoms with Gasteiger partial charge in [-0.15, -0.1) is 0 Å². The van der Waals surface area contributed by atoms with Gasteiger partial charge in [0.2, 0.25) is 8.32 Å². The Morgan fingerprint density at radius 1 is 1.17 bits per heavy atom. The van der Waals surface area contributed by atoms with Crippen LogP contribution in [0.1, 0.15) is 0 Å². The molecule has 0 atom stereocenters. The predicted octanol–water partition coefficient (Wildman–Crippen LogP) is 5.03. The molecule has 0 aliphatic heterocycles. The minimum absolute atomic E-state index is 0.0899. The van der Waals surface area contributed by atoms with Crippen molar-refractivity contribution in [2.75, 3.05) is 0 Å². The van der Waals surface area contributed by atoms with Crippen LogP contribution in [-0.4, -0.2) is 14.5 Å². The number of halogens is 3. The fourth-order valence-corrected chi connectivity index (χ4v) is 3.42. The normalized spacial score (nSPS) is 13.6. The van der Waals surface area contributed by atoms with Crippen LogP contribution in [0, 0.1) is 0 Å². The number of benzene rings is 1. The second-order valence-electron chi connectivity index (χ2n) is 4.63. The lowest BCUT2D eigenvalue weighted by Crippen LogP contribution is -2.24. The largest absolute Gasteiger partial charge is 0.540 e. The van der Waals surface area contributed by atoms with E-state index in [9.17, 15) is 13.2 Å². The van der Waals surface area contributed by atoms with E-state index in [1.54, 1.807) is 24.3 Å². The molecule has 0 amide bonds. The fraction of sp³-hybridized carbons (Fsp3) is 0.333. The van der Waals surface area contributed by atoms with Gasteiger partial charge in [0.25, 0.3) is 0 Å². The average Bonchev–Trinajstić information content (AvgIpc) is 2.13. The number of thioether (sulfide) groups is 1. The quantitative estimate of drug-likeness (QED) is 0.437. The van der Waals surface area contributed by atoms with Crippen molar-refractivity contribution in [1.29, 1.82) is 0 Å². The van der Waals surface area contributed by atoms with E-state index in [4.69, 9.17) is 4.43 Å². The maximum absolute atomic E-state index is 12.4. The minimum atomic E-state index is -4.36. The van der Waals surface area contributed by atoms with Gasteiger partial charge >= 0.3 is 6.18 Å². The van der Waals surface area contributed by atoms with Gasteiger partial charge in [-0.2, -0.15) is 13.2 Å². The van der Waals surface area contributed by atoms with Crippen LogP contribution in [0.3, 0.4) is 0 Å². The number of hydrogen-bond donors (Lipinski definition) is 0. The zero-order chi connectivity index (χ0) is 13.8. The van der Waals surface area contributed by atoms with Crippen LogP contribution >= 0.6 is 11.8 Å². The first-order valence-corrected chi connectivity index (χ1v) is 9.60. The molecule has 0 saturated heterocycles. The summed E-state index contributed by atoms with van der Waals surface area (Å²) >= 11 is 0.996. The molecule has 18 heavy (non-hydrogen) atoms. The molecule has 0 spiro atoms. The molecule has 0 aliphatic carbocycles. The Morgan fingerprint density at radius 2 is 1.72 bits per heavy atom. The maximum atomic E-state index is 12.4. The van der Waals surface area contributed by atoms with E-state index in [-0.39, 0.29) is 11.2 Å². The summed E-state index contributed by atoms with van der Waals surface area (Å²) in [7, 11) is -2.06. The van der Waals surface area contributed by atoms with E-state index in [1.165, 1.54) is 0 Å². The van der Waals surface area contributed by atoms with Crippen LogP contribution in [0.2, 0.25) is 19.6 Å². The standard InChI is InChI=1S/C12H15F3OSSi/c1-18(2,3)16-11(9-12(13,14)15)17-10-7-5-4-6-8-10/h4-9H,1-3H3/b11-9+. The summed E-state index contributed by atoms with van der Waals surface area (Å²) in [4.78, 5) is 0.728. The lowest BCUT2D eigenvalue weighted by molar-refractivity contribution is -0.0812. The summed E-state index contributed by atoms with van der Waals surface area (Å²) in [6, 6.07) is 8.88. The zero-order valence-corrected chi connectivity index (χ0v) is 12.2. The molecule has 100 valence electrons. The van der Waals surface area contributed by atoms with Crippen molar-refractivity contribution in [2.24, 2.45) is 0 Å². The second-order valence-corrected chi connectivity index (χ2v) is 10.1. The van der Waals surface area contributed by atoms with E-state index in [1.807, 2.05) is 25.7 Å². The van der Waals surface area contributed by atoms with Gasteiger partial charge in [-0.3, -0.25) is 0 Å². The van der Waals surface area contributed by atoms with E-state index < -0.39 is 14.5 Å². The van der Waals surface area contributed by atoms with E-state index >= 15 is 0 Å². The van der Waals surface area contributed by atoms with Crippen molar-refractivity contribution in [3.63, 3.8) is 0 Å². The Bertz CT molecular complexity index is 410.